The number of hydrogen-bond donors (Lipinski definition) is 0. The van der Waals surface area contributed by atoms with Gasteiger partial charge >= 0.3 is 0 Å². The number of carbonyl (C=O) groups excluding carboxylic acids is 2. The van der Waals surface area contributed by atoms with E-state index in [1.165, 1.54) is 12.1 Å². The molecule has 0 radical (unpaired) electrons. The van der Waals surface area contributed by atoms with Gasteiger partial charge < -0.3 is 14.4 Å². The molecule has 5 nitrogen and oxygen atoms in total. The first-order chi connectivity index (χ1) is 14.9. The number of amides is 2. The number of carbonyl (C=O) groups is 2. The van der Waals surface area contributed by atoms with E-state index in [0.29, 0.717) is 36.8 Å². The fourth-order valence-corrected chi connectivity index (χ4v) is 4.21. The highest BCUT2D eigenvalue weighted by molar-refractivity contribution is 6.32. The SMILES string of the molecule is CC(=O)N1CCN(C(=O)c2cc(-c3ccc(F)cc3)n(-c3ccccc3Cl)c2C)CC1. The van der Waals surface area contributed by atoms with Crippen LogP contribution < -0.4 is 0 Å². The minimum absolute atomic E-state index is 0.0201. The molecule has 2 amide bonds. The fourth-order valence-electron chi connectivity index (χ4n) is 3.99. The molecule has 1 aromatic heterocycles. The summed E-state index contributed by atoms with van der Waals surface area (Å²) < 4.78 is 15.5. The molecule has 0 bridgehead atoms. The number of hydrogen-bond acceptors (Lipinski definition) is 2. The lowest BCUT2D eigenvalue weighted by atomic mass is 10.1. The van der Waals surface area contributed by atoms with Crippen molar-refractivity contribution in [1.82, 2.24) is 14.4 Å². The summed E-state index contributed by atoms with van der Waals surface area (Å²) in [5, 5.41) is 0.554. The maximum atomic E-state index is 13.5. The highest BCUT2D eigenvalue weighted by Gasteiger charge is 2.27. The quantitative estimate of drug-likeness (QED) is 0.601. The van der Waals surface area contributed by atoms with Crippen LogP contribution in [0.4, 0.5) is 4.39 Å². The highest BCUT2D eigenvalue weighted by Crippen LogP contribution is 2.33. The van der Waals surface area contributed by atoms with Gasteiger partial charge in [-0.15, -0.1) is 0 Å². The van der Waals surface area contributed by atoms with E-state index in [2.05, 4.69) is 0 Å². The zero-order valence-corrected chi connectivity index (χ0v) is 18.2. The maximum absolute atomic E-state index is 13.5. The molecule has 3 aromatic rings. The minimum Gasteiger partial charge on any atom is -0.339 e. The van der Waals surface area contributed by atoms with Crippen LogP contribution in [0.15, 0.2) is 54.6 Å². The molecule has 1 aliphatic heterocycles. The number of rotatable bonds is 3. The van der Waals surface area contributed by atoms with Crippen LogP contribution in [0.3, 0.4) is 0 Å². The average molecular weight is 440 g/mol. The van der Waals surface area contributed by atoms with Gasteiger partial charge in [0.15, 0.2) is 0 Å². The van der Waals surface area contributed by atoms with Gasteiger partial charge in [-0.2, -0.15) is 0 Å². The molecule has 0 saturated carbocycles. The van der Waals surface area contributed by atoms with Gasteiger partial charge in [0.25, 0.3) is 5.91 Å². The third-order valence-corrected chi connectivity index (χ3v) is 6.04. The Balaban J connectivity index is 1.77. The Kier molecular flexibility index (Phi) is 5.83. The van der Waals surface area contributed by atoms with Crippen molar-refractivity contribution in [3.05, 3.63) is 76.7 Å². The van der Waals surface area contributed by atoms with Gasteiger partial charge in [0, 0.05) is 38.8 Å². The Bertz CT molecular complexity index is 1130. The number of benzene rings is 2. The van der Waals surface area contributed by atoms with Crippen molar-refractivity contribution >= 4 is 23.4 Å². The normalized spacial score (nSPS) is 14.1. The Morgan fingerprint density at radius 1 is 0.935 bits per heavy atom. The number of aromatic nitrogens is 1. The van der Waals surface area contributed by atoms with Crippen LogP contribution in [0.5, 0.6) is 0 Å². The van der Waals surface area contributed by atoms with Crippen molar-refractivity contribution in [1.29, 1.82) is 0 Å². The van der Waals surface area contributed by atoms with Gasteiger partial charge in [-0.05, 0) is 55.0 Å². The summed E-state index contributed by atoms with van der Waals surface area (Å²) in [5.41, 5.74) is 3.62. The van der Waals surface area contributed by atoms with Crippen molar-refractivity contribution in [2.45, 2.75) is 13.8 Å². The van der Waals surface area contributed by atoms with E-state index in [-0.39, 0.29) is 17.6 Å². The van der Waals surface area contributed by atoms with E-state index in [1.807, 2.05) is 35.8 Å². The van der Waals surface area contributed by atoms with Gasteiger partial charge in [-0.1, -0.05) is 23.7 Å². The zero-order valence-electron chi connectivity index (χ0n) is 17.4. The lowest BCUT2D eigenvalue weighted by Gasteiger charge is -2.34. The molecule has 0 spiro atoms. The number of piperazine rings is 1. The van der Waals surface area contributed by atoms with Crippen LogP contribution in [0.25, 0.3) is 16.9 Å². The molecule has 0 aliphatic carbocycles. The van der Waals surface area contributed by atoms with E-state index >= 15 is 0 Å². The summed E-state index contributed by atoms with van der Waals surface area (Å²) in [6.45, 7) is 5.45. The number of para-hydroxylation sites is 1. The third-order valence-electron chi connectivity index (χ3n) is 5.72. The largest absolute Gasteiger partial charge is 0.339 e. The van der Waals surface area contributed by atoms with Crippen LogP contribution >= 0.6 is 11.6 Å². The van der Waals surface area contributed by atoms with E-state index in [1.54, 1.807) is 34.9 Å². The van der Waals surface area contributed by atoms with Crippen molar-refractivity contribution < 1.29 is 14.0 Å². The first-order valence-electron chi connectivity index (χ1n) is 10.1. The van der Waals surface area contributed by atoms with E-state index < -0.39 is 0 Å². The standard InChI is InChI=1S/C24H23ClFN3O2/c1-16-20(24(31)28-13-11-27(12-14-28)17(2)30)15-23(18-7-9-19(26)10-8-18)29(16)22-6-4-3-5-21(22)25/h3-10,15H,11-14H2,1-2H3. The summed E-state index contributed by atoms with van der Waals surface area (Å²) in [6, 6.07) is 15.4. The summed E-state index contributed by atoms with van der Waals surface area (Å²) in [5.74, 6) is -0.391. The fraction of sp³-hybridized carbons (Fsp3) is 0.250. The summed E-state index contributed by atoms with van der Waals surface area (Å²) in [7, 11) is 0. The Labute approximate surface area is 185 Å². The summed E-state index contributed by atoms with van der Waals surface area (Å²) >= 11 is 6.48. The van der Waals surface area contributed by atoms with Gasteiger partial charge in [-0.25, -0.2) is 4.39 Å². The van der Waals surface area contributed by atoms with Gasteiger partial charge in [0.1, 0.15) is 5.82 Å². The summed E-state index contributed by atoms with van der Waals surface area (Å²) in [6.07, 6.45) is 0. The molecule has 7 heteroatoms. The van der Waals surface area contributed by atoms with Gasteiger partial charge in [-0.3, -0.25) is 9.59 Å². The number of halogens is 2. The molecule has 1 aliphatic rings. The molecule has 0 atom stereocenters. The second-order valence-electron chi connectivity index (χ2n) is 7.62. The molecule has 0 N–H and O–H groups in total. The minimum atomic E-state index is -0.323. The van der Waals surface area contributed by atoms with E-state index in [4.69, 9.17) is 11.6 Å². The molecule has 160 valence electrons. The highest BCUT2D eigenvalue weighted by atomic mass is 35.5. The van der Waals surface area contributed by atoms with Crippen LogP contribution in [-0.4, -0.2) is 52.4 Å². The predicted octanol–water partition coefficient (Wildman–Crippen LogP) is 4.55. The third kappa shape index (κ3) is 4.08. The predicted molar refractivity (Wildman–Crippen MR) is 119 cm³/mol. The van der Waals surface area contributed by atoms with Crippen molar-refractivity contribution in [3.8, 4) is 16.9 Å². The van der Waals surface area contributed by atoms with Gasteiger partial charge in [0.05, 0.1) is 22.0 Å². The van der Waals surface area contributed by atoms with Crippen LogP contribution in [0, 0.1) is 12.7 Å². The lowest BCUT2D eigenvalue weighted by molar-refractivity contribution is -0.130. The maximum Gasteiger partial charge on any atom is 0.255 e. The Morgan fingerprint density at radius 3 is 2.16 bits per heavy atom. The van der Waals surface area contributed by atoms with E-state index in [0.717, 1.165) is 22.6 Å². The molecule has 2 aromatic carbocycles. The topological polar surface area (TPSA) is 45.6 Å². The molecular weight excluding hydrogens is 417 g/mol. The zero-order chi connectivity index (χ0) is 22.1. The molecule has 1 fully saturated rings. The molecule has 0 unspecified atom stereocenters. The molecule has 31 heavy (non-hydrogen) atoms. The molecule has 2 heterocycles. The average Bonchev–Trinajstić information content (AvgIpc) is 3.11. The number of nitrogens with zero attached hydrogens (tertiary/aromatic N) is 3. The van der Waals surface area contributed by atoms with Crippen LogP contribution in [0.1, 0.15) is 23.0 Å². The Hall–Kier alpha value is -3.12. The second-order valence-corrected chi connectivity index (χ2v) is 8.03. The first-order valence-corrected chi connectivity index (χ1v) is 10.5. The molecular formula is C24H23ClFN3O2. The van der Waals surface area contributed by atoms with Crippen molar-refractivity contribution in [2.75, 3.05) is 26.2 Å². The van der Waals surface area contributed by atoms with Crippen molar-refractivity contribution in [2.24, 2.45) is 0 Å². The monoisotopic (exact) mass is 439 g/mol. The lowest BCUT2D eigenvalue weighted by Crippen LogP contribution is -2.50. The smallest absolute Gasteiger partial charge is 0.255 e. The van der Waals surface area contributed by atoms with Crippen LogP contribution in [0.2, 0.25) is 5.02 Å². The molecule has 4 rings (SSSR count). The summed E-state index contributed by atoms with van der Waals surface area (Å²) in [4.78, 5) is 28.5. The first kappa shape index (κ1) is 21.1. The molecule has 1 saturated heterocycles. The van der Waals surface area contributed by atoms with Crippen molar-refractivity contribution in [3.63, 3.8) is 0 Å². The Morgan fingerprint density at radius 2 is 1.55 bits per heavy atom. The van der Waals surface area contributed by atoms with Crippen LogP contribution in [-0.2, 0) is 4.79 Å². The van der Waals surface area contributed by atoms with E-state index in [9.17, 15) is 14.0 Å². The van der Waals surface area contributed by atoms with Gasteiger partial charge in [0.2, 0.25) is 5.91 Å². The second kappa shape index (κ2) is 8.55.